The van der Waals surface area contributed by atoms with E-state index in [0.29, 0.717) is 13.1 Å². The van der Waals surface area contributed by atoms with Crippen LogP contribution in [-0.4, -0.2) is 50.8 Å². The van der Waals surface area contributed by atoms with Gasteiger partial charge in [-0.3, -0.25) is 4.99 Å². The van der Waals surface area contributed by atoms with Gasteiger partial charge in [-0.15, -0.1) is 30.6 Å². The van der Waals surface area contributed by atoms with Crippen molar-refractivity contribution >= 4 is 29.9 Å². The zero-order valence-electron chi connectivity index (χ0n) is 13.9. The average Bonchev–Trinajstić information content (AvgIpc) is 3.21. The highest BCUT2D eigenvalue weighted by atomic mass is 127. The Kier molecular flexibility index (Phi) is 10.0. The first-order valence-electron chi connectivity index (χ1n) is 8.00. The summed E-state index contributed by atoms with van der Waals surface area (Å²) >= 11 is 0. The number of furan rings is 1. The summed E-state index contributed by atoms with van der Waals surface area (Å²) in [7, 11) is 2.03. The van der Waals surface area contributed by atoms with Gasteiger partial charge in [0.15, 0.2) is 5.96 Å². The van der Waals surface area contributed by atoms with Crippen LogP contribution in [0.2, 0.25) is 0 Å². The highest BCUT2D eigenvalue weighted by molar-refractivity contribution is 14.0. The highest BCUT2D eigenvalue weighted by Gasteiger charge is 2.21. The maximum absolute atomic E-state index is 5.69. The molecule has 1 aliphatic rings. The number of aliphatic imine (C=N–C) groups is 1. The molecule has 1 aromatic heterocycles. The summed E-state index contributed by atoms with van der Waals surface area (Å²) in [6, 6.07) is 3.88. The molecule has 5 nitrogen and oxygen atoms in total. The fourth-order valence-corrected chi connectivity index (χ4v) is 2.04. The van der Waals surface area contributed by atoms with E-state index in [1.807, 2.05) is 25.3 Å². The largest absolute Gasteiger partial charge is 0.469 e. The molecule has 0 saturated heterocycles. The van der Waals surface area contributed by atoms with Gasteiger partial charge in [0.1, 0.15) is 5.76 Å². The molecule has 0 radical (unpaired) electrons. The van der Waals surface area contributed by atoms with Gasteiger partial charge in [-0.25, -0.2) is 0 Å². The van der Waals surface area contributed by atoms with Gasteiger partial charge in [0.25, 0.3) is 0 Å². The molecular formula is C17H28IN3O2. The Labute approximate surface area is 156 Å². The van der Waals surface area contributed by atoms with E-state index in [-0.39, 0.29) is 24.0 Å². The van der Waals surface area contributed by atoms with Gasteiger partial charge in [0, 0.05) is 39.7 Å². The fourth-order valence-electron chi connectivity index (χ4n) is 2.04. The second kappa shape index (κ2) is 11.5. The van der Waals surface area contributed by atoms with Crippen molar-refractivity contribution in [3.63, 3.8) is 0 Å². The van der Waals surface area contributed by atoms with Crippen molar-refractivity contribution < 1.29 is 9.15 Å². The number of rotatable bonds is 10. The molecule has 1 aliphatic carbocycles. The standard InChI is InChI=1S/C17H27N3O2.HI/c1-3-9-18-17(19-10-8-16-5-4-12-22-16)20(2)11-13-21-14-15-6-7-15;/h3-5,12,15H,1,6-11,13-14H2,2H3,(H,18,19);1H. The maximum atomic E-state index is 5.69. The minimum atomic E-state index is 0. The minimum Gasteiger partial charge on any atom is -0.469 e. The lowest BCUT2D eigenvalue weighted by molar-refractivity contribution is 0.115. The van der Waals surface area contributed by atoms with Crippen LogP contribution in [0.4, 0.5) is 0 Å². The van der Waals surface area contributed by atoms with Gasteiger partial charge >= 0.3 is 0 Å². The molecular weight excluding hydrogens is 405 g/mol. The number of nitrogens with zero attached hydrogens (tertiary/aromatic N) is 2. The summed E-state index contributed by atoms with van der Waals surface area (Å²) in [6.07, 6.45) is 6.99. The van der Waals surface area contributed by atoms with E-state index in [9.17, 15) is 0 Å². The molecule has 1 aromatic rings. The second-order valence-corrected chi connectivity index (χ2v) is 5.64. The lowest BCUT2D eigenvalue weighted by atomic mass is 10.3. The van der Waals surface area contributed by atoms with Gasteiger partial charge in [0.2, 0.25) is 0 Å². The quantitative estimate of drug-likeness (QED) is 0.203. The fraction of sp³-hybridized carbons (Fsp3) is 0.588. The number of likely N-dealkylation sites (N-methyl/N-ethyl adjacent to an activating group) is 1. The van der Waals surface area contributed by atoms with Gasteiger partial charge in [-0.05, 0) is 30.9 Å². The predicted molar refractivity (Wildman–Crippen MR) is 105 cm³/mol. The van der Waals surface area contributed by atoms with E-state index in [0.717, 1.165) is 43.8 Å². The van der Waals surface area contributed by atoms with Crippen LogP contribution in [0.15, 0.2) is 40.5 Å². The zero-order chi connectivity index (χ0) is 15.6. The smallest absolute Gasteiger partial charge is 0.194 e. The van der Waals surface area contributed by atoms with Crippen molar-refractivity contribution in [1.29, 1.82) is 0 Å². The molecule has 1 N–H and O–H groups in total. The maximum Gasteiger partial charge on any atom is 0.194 e. The number of nitrogens with one attached hydrogen (secondary N) is 1. The summed E-state index contributed by atoms with van der Waals surface area (Å²) in [5.41, 5.74) is 0. The van der Waals surface area contributed by atoms with Crippen LogP contribution in [0.25, 0.3) is 0 Å². The topological polar surface area (TPSA) is 50.0 Å². The molecule has 0 atom stereocenters. The highest BCUT2D eigenvalue weighted by Crippen LogP contribution is 2.28. The van der Waals surface area contributed by atoms with Crippen LogP contribution in [0.5, 0.6) is 0 Å². The molecule has 0 aliphatic heterocycles. The Bertz CT molecular complexity index is 458. The molecule has 0 bridgehead atoms. The Morgan fingerprint density at radius 2 is 2.39 bits per heavy atom. The minimum absolute atomic E-state index is 0. The third-order valence-corrected chi connectivity index (χ3v) is 3.59. The first kappa shape index (κ1) is 20.0. The number of hydrogen-bond acceptors (Lipinski definition) is 3. The summed E-state index contributed by atoms with van der Waals surface area (Å²) in [5.74, 6) is 2.65. The molecule has 6 heteroatoms. The Morgan fingerprint density at radius 1 is 1.57 bits per heavy atom. The van der Waals surface area contributed by atoms with Crippen molar-refractivity contribution in [2.75, 3.05) is 39.9 Å². The van der Waals surface area contributed by atoms with Crippen molar-refractivity contribution in [1.82, 2.24) is 10.2 Å². The molecule has 23 heavy (non-hydrogen) atoms. The lowest BCUT2D eigenvalue weighted by Crippen LogP contribution is -2.41. The van der Waals surface area contributed by atoms with Gasteiger partial charge in [-0.2, -0.15) is 0 Å². The first-order chi connectivity index (χ1) is 10.8. The van der Waals surface area contributed by atoms with Crippen molar-refractivity contribution in [2.45, 2.75) is 19.3 Å². The lowest BCUT2D eigenvalue weighted by Gasteiger charge is -2.22. The van der Waals surface area contributed by atoms with E-state index >= 15 is 0 Å². The second-order valence-electron chi connectivity index (χ2n) is 5.64. The number of hydrogen-bond donors (Lipinski definition) is 1. The third kappa shape index (κ3) is 8.41. The number of guanidine groups is 1. The molecule has 0 aromatic carbocycles. The van der Waals surface area contributed by atoms with Crippen molar-refractivity contribution in [3.8, 4) is 0 Å². The van der Waals surface area contributed by atoms with Crippen molar-refractivity contribution in [3.05, 3.63) is 36.8 Å². The van der Waals surface area contributed by atoms with Crippen LogP contribution in [-0.2, 0) is 11.2 Å². The summed E-state index contributed by atoms with van der Waals surface area (Å²) in [4.78, 5) is 6.73. The monoisotopic (exact) mass is 433 g/mol. The predicted octanol–water partition coefficient (Wildman–Crippen LogP) is 2.93. The van der Waals surface area contributed by atoms with E-state index in [4.69, 9.17) is 9.15 Å². The van der Waals surface area contributed by atoms with Crippen LogP contribution in [0.1, 0.15) is 18.6 Å². The van der Waals surface area contributed by atoms with E-state index in [2.05, 4.69) is 21.8 Å². The van der Waals surface area contributed by atoms with Crippen LogP contribution in [0, 0.1) is 5.92 Å². The molecule has 1 fully saturated rings. The molecule has 1 saturated carbocycles. The molecule has 0 spiro atoms. The van der Waals surface area contributed by atoms with E-state index in [1.165, 1.54) is 12.8 Å². The summed E-state index contributed by atoms with van der Waals surface area (Å²) in [5, 5.41) is 3.28. The number of ether oxygens (including phenoxy) is 1. The first-order valence-corrected chi connectivity index (χ1v) is 8.00. The molecule has 0 unspecified atom stereocenters. The van der Waals surface area contributed by atoms with E-state index in [1.54, 1.807) is 6.26 Å². The van der Waals surface area contributed by atoms with Crippen molar-refractivity contribution in [2.24, 2.45) is 10.9 Å². The molecule has 130 valence electrons. The summed E-state index contributed by atoms with van der Waals surface area (Å²) in [6.45, 7) is 7.60. The third-order valence-electron chi connectivity index (χ3n) is 3.59. The van der Waals surface area contributed by atoms with Gasteiger partial charge < -0.3 is 19.4 Å². The zero-order valence-corrected chi connectivity index (χ0v) is 16.2. The normalized spacial score (nSPS) is 14.2. The molecule has 1 heterocycles. The van der Waals surface area contributed by atoms with Gasteiger partial charge in [-0.1, -0.05) is 6.08 Å². The Morgan fingerprint density at radius 3 is 3.04 bits per heavy atom. The number of halogens is 1. The molecule has 2 rings (SSSR count). The Hall–Kier alpha value is -1.02. The van der Waals surface area contributed by atoms with Crippen LogP contribution in [0.3, 0.4) is 0 Å². The van der Waals surface area contributed by atoms with Crippen LogP contribution < -0.4 is 5.32 Å². The average molecular weight is 433 g/mol. The SMILES string of the molecule is C=CCNC(=NCCc1ccco1)N(C)CCOCC1CC1.I. The summed E-state index contributed by atoms with van der Waals surface area (Å²) < 4.78 is 11.0. The van der Waals surface area contributed by atoms with Gasteiger partial charge in [0.05, 0.1) is 12.9 Å². The van der Waals surface area contributed by atoms with Crippen LogP contribution >= 0.6 is 24.0 Å². The Balaban J connectivity index is 0.00000264. The molecule has 0 amide bonds. The van der Waals surface area contributed by atoms with E-state index < -0.39 is 0 Å².